The number of nitrogens with zero attached hydrogens (tertiary/aromatic N) is 2. The van der Waals surface area contributed by atoms with Crippen LogP contribution in [0.15, 0.2) is 0 Å². The number of nitrogens with two attached hydrogens (primary N) is 1. The van der Waals surface area contributed by atoms with Crippen molar-refractivity contribution < 1.29 is 0 Å². The molecule has 0 aromatic heterocycles. The third-order valence-electron chi connectivity index (χ3n) is 6.20. The summed E-state index contributed by atoms with van der Waals surface area (Å²) in [6.45, 7) is 10.8. The fourth-order valence-electron chi connectivity index (χ4n) is 5.04. The molecule has 1 aliphatic heterocycles. The molecule has 2 aliphatic carbocycles. The molecule has 3 rings (SSSR count). The van der Waals surface area contributed by atoms with Gasteiger partial charge >= 0.3 is 0 Å². The second-order valence-electron chi connectivity index (χ2n) is 7.00. The van der Waals surface area contributed by atoms with Crippen molar-refractivity contribution in [2.24, 2.45) is 23.5 Å². The van der Waals surface area contributed by atoms with Crippen LogP contribution in [-0.2, 0) is 0 Å². The van der Waals surface area contributed by atoms with E-state index in [1.807, 2.05) is 0 Å². The van der Waals surface area contributed by atoms with E-state index in [1.165, 1.54) is 58.4 Å². The summed E-state index contributed by atoms with van der Waals surface area (Å²) in [6, 6.07) is 1.30. The van der Waals surface area contributed by atoms with Crippen molar-refractivity contribution in [2.45, 2.75) is 51.6 Å². The van der Waals surface area contributed by atoms with Crippen molar-refractivity contribution in [3.63, 3.8) is 0 Å². The molecule has 0 aromatic carbocycles. The molecular weight excluding hydrogens is 234 g/mol. The van der Waals surface area contributed by atoms with E-state index in [0.29, 0.717) is 6.04 Å². The molecule has 0 aromatic rings. The monoisotopic (exact) mass is 265 g/mol. The van der Waals surface area contributed by atoms with Crippen molar-refractivity contribution in [2.75, 3.05) is 32.7 Å². The van der Waals surface area contributed by atoms with Gasteiger partial charge in [0.25, 0.3) is 0 Å². The van der Waals surface area contributed by atoms with Crippen molar-refractivity contribution in [1.29, 1.82) is 0 Å². The van der Waals surface area contributed by atoms with Gasteiger partial charge in [0.15, 0.2) is 0 Å². The summed E-state index contributed by atoms with van der Waals surface area (Å²) in [6.07, 6.45) is 5.65. The van der Waals surface area contributed by atoms with Crippen LogP contribution in [0.4, 0.5) is 0 Å². The molecule has 0 amide bonds. The third kappa shape index (κ3) is 2.57. The maximum absolute atomic E-state index is 6.45. The summed E-state index contributed by atoms with van der Waals surface area (Å²) in [4.78, 5) is 5.33. The van der Waals surface area contributed by atoms with Crippen LogP contribution in [-0.4, -0.2) is 54.6 Å². The largest absolute Gasteiger partial charge is 0.327 e. The van der Waals surface area contributed by atoms with E-state index in [1.54, 1.807) is 0 Å². The van der Waals surface area contributed by atoms with Gasteiger partial charge in [0.05, 0.1) is 0 Å². The molecule has 5 atom stereocenters. The predicted octanol–water partition coefficient (Wildman–Crippen LogP) is 1.78. The molecule has 2 bridgehead atoms. The molecule has 2 saturated carbocycles. The molecular formula is C16H31N3. The first-order valence-electron chi connectivity index (χ1n) is 8.44. The zero-order valence-electron chi connectivity index (χ0n) is 12.7. The molecule has 1 heterocycles. The molecule has 5 unspecified atom stereocenters. The molecule has 110 valence electrons. The minimum atomic E-state index is 0.506. The van der Waals surface area contributed by atoms with E-state index in [4.69, 9.17) is 5.73 Å². The highest BCUT2D eigenvalue weighted by Crippen LogP contribution is 2.48. The summed E-state index contributed by atoms with van der Waals surface area (Å²) < 4.78 is 0. The van der Waals surface area contributed by atoms with Gasteiger partial charge in [-0.15, -0.1) is 0 Å². The van der Waals surface area contributed by atoms with Gasteiger partial charge in [-0.25, -0.2) is 0 Å². The van der Waals surface area contributed by atoms with Crippen LogP contribution in [0.2, 0.25) is 0 Å². The second-order valence-corrected chi connectivity index (χ2v) is 7.00. The average Bonchev–Trinajstić information content (AvgIpc) is 3.10. The van der Waals surface area contributed by atoms with Crippen molar-refractivity contribution in [3.05, 3.63) is 0 Å². The Kier molecular flexibility index (Phi) is 4.16. The van der Waals surface area contributed by atoms with Crippen LogP contribution >= 0.6 is 0 Å². The standard InChI is InChI=1S/C16H31N3/c1-3-19(4-2)14-7-8-18(10-14)11-15-12-5-6-13(9-12)16(15)17/h12-16H,3-11,17H2,1-2H3. The third-order valence-corrected chi connectivity index (χ3v) is 6.20. The Morgan fingerprint density at radius 3 is 2.47 bits per heavy atom. The number of likely N-dealkylation sites (N-methyl/N-ethyl adjacent to an activating group) is 1. The topological polar surface area (TPSA) is 32.5 Å². The van der Waals surface area contributed by atoms with Gasteiger partial charge in [0, 0.05) is 25.2 Å². The van der Waals surface area contributed by atoms with Gasteiger partial charge in [-0.05, 0) is 63.1 Å². The molecule has 3 nitrogen and oxygen atoms in total. The van der Waals surface area contributed by atoms with E-state index < -0.39 is 0 Å². The highest BCUT2D eigenvalue weighted by Gasteiger charge is 2.46. The summed E-state index contributed by atoms with van der Waals surface area (Å²) in [5, 5.41) is 0. The van der Waals surface area contributed by atoms with E-state index in [-0.39, 0.29) is 0 Å². The molecule has 0 spiro atoms. The highest BCUT2D eigenvalue weighted by molar-refractivity contribution is 5.00. The number of rotatable bonds is 5. The van der Waals surface area contributed by atoms with E-state index in [9.17, 15) is 0 Å². The normalized spacial score (nSPS) is 42.6. The minimum absolute atomic E-state index is 0.506. The Balaban J connectivity index is 1.52. The maximum Gasteiger partial charge on any atom is 0.0235 e. The lowest BCUT2D eigenvalue weighted by Crippen LogP contribution is -2.43. The van der Waals surface area contributed by atoms with Crippen molar-refractivity contribution >= 4 is 0 Å². The Bertz CT molecular complexity index is 300. The highest BCUT2D eigenvalue weighted by atomic mass is 15.2. The summed E-state index contributed by atoms with van der Waals surface area (Å²) in [5.74, 6) is 2.61. The smallest absolute Gasteiger partial charge is 0.0235 e. The molecule has 3 fully saturated rings. The molecule has 1 saturated heterocycles. The van der Waals surface area contributed by atoms with Gasteiger partial charge in [0.2, 0.25) is 0 Å². The van der Waals surface area contributed by atoms with Gasteiger partial charge < -0.3 is 10.6 Å². The molecule has 0 radical (unpaired) electrons. The second kappa shape index (κ2) is 5.71. The number of fused-ring (bicyclic) bond motifs is 2. The minimum Gasteiger partial charge on any atom is -0.327 e. The molecule has 3 heteroatoms. The maximum atomic E-state index is 6.45. The SMILES string of the molecule is CCN(CC)C1CCN(CC2C3CCC(C3)C2N)C1. The first-order valence-corrected chi connectivity index (χ1v) is 8.44. The summed E-state index contributed by atoms with van der Waals surface area (Å²) in [5.41, 5.74) is 6.45. The van der Waals surface area contributed by atoms with E-state index in [0.717, 1.165) is 23.8 Å². The van der Waals surface area contributed by atoms with E-state index in [2.05, 4.69) is 23.6 Å². The molecule has 3 aliphatic rings. The fourth-order valence-corrected chi connectivity index (χ4v) is 5.04. The first-order chi connectivity index (χ1) is 9.22. The zero-order valence-corrected chi connectivity index (χ0v) is 12.7. The van der Waals surface area contributed by atoms with Crippen LogP contribution in [0.1, 0.15) is 39.5 Å². The Labute approximate surface area is 118 Å². The number of likely N-dealkylation sites (tertiary alicyclic amines) is 1. The predicted molar refractivity (Wildman–Crippen MR) is 80.1 cm³/mol. The van der Waals surface area contributed by atoms with Crippen molar-refractivity contribution in [1.82, 2.24) is 9.80 Å². The lowest BCUT2D eigenvalue weighted by atomic mass is 9.84. The van der Waals surface area contributed by atoms with Gasteiger partial charge in [-0.3, -0.25) is 4.90 Å². The van der Waals surface area contributed by atoms with Crippen molar-refractivity contribution in [3.8, 4) is 0 Å². The summed E-state index contributed by atoms with van der Waals surface area (Å²) >= 11 is 0. The van der Waals surface area contributed by atoms with Gasteiger partial charge in [-0.2, -0.15) is 0 Å². The Morgan fingerprint density at radius 1 is 1.11 bits per heavy atom. The fraction of sp³-hybridized carbons (Fsp3) is 1.00. The zero-order chi connectivity index (χ0) is 13.4. The van der Waals surface area contributed by atoms with Crippen LogP contribution in [0.3, 0.4) is 0 Å². The van der Waals surface area contributed by atoms with Gasteiger partial charge in [-0.1, -0.05) is 13.8 Å². The van der Waals surface area contributed by atoms with Gasteiger partial charge in [0.1, 0.15) is 0 Å². The van der Waals surface area contributed by atoms with Crippen LogP contribution in [0.5, 0.6) is 0 Å². The van der Waals surface area contributed by atoms with E-state index >= 15 is 0 Å². The lowest BCUT2D eigenvalue weighted by molar-refractivity contribution is 0.174. The number of hydrogen-bond donors (Lipinski definition) is 1. The van der Waals surface area contributed by atoms with Crippen LogP contribution < -0.4 is 5.73 Å². The summed E-state index contributed by atoms with van der Waals surface area (Å²) in [7, 11) is 0. The Hall–Kier alpha value is -0.120. The molecule has 2 N–H and O–H groups in total. The quantitative estimate of drug-likeness (QED) is 0.822. The average molecular weight is 265 g/mol. The van der Waals surface area contributed by atoms with Crippen LogP contribution in [0, 0.1) is 17.8 Å². The van der Waals surface area contributed by atoms with Crippen LogP contribution in [0.25, 0.3) is 0 Å². The molecule has 19 heavy (non-hydrogen) atoms. The lowest BCUT2D eigenvalue weighted by Gasteiger charge is -2.32. The first kappa shape index (κ1) is 13.8. The number of hydrogen-bond acceptors (Lipinski definition) is 3. The Morgan fingerprint density at radius 2 is 1.84 bits per heavy atom.